The van der Waals surface area contributed by atoms with Gasteiger partial charge in [-0.3, -0.25) is 4.79 Å². The average Bonchev–Trinajstić information content (AvgIpc) is 2.58. The van der Waals surface area contributed by atoms with Crippen molar-refractivity contribution in [3.8, 4) is 0 Å². The normalized spacial score (nSPS) is 11.6. The van der Waals surface area contributed by atoms with Gasteiger partial charge in [-0.1, -0.05) is 43.1 Å². The zero-order valence-corrected chi connectivity index (χ0v) is 16.0. The lowest BCUT2D eigenvalue weighted by atomic mass is 10.1. The number of aryl methyl sites for hydroxylation is 1. The Kier molecular flexibility index (Phi) is 6.21. The van der Waals surface area contributed by atoms with Crippen LogP contribution in [0.1, 0.15) is 29.8 Å². The summed E-state index contributed by atoms with van der Waals surface area (Å²) in [4.78, 5) is 12.5. The lowest BCUT2D eigenvalue weighted by Crippen LogP contribution is -2.30. The van der Waals surface area contributed by atoms with Crippen LogP contribution in [0.15, 0.2) is 47.4 Å². The molecule has 0 fully saturated rings. The van der Waals surface area contributed by atoms with Crippen molar-refractivity contribution in [2.45, 2.75) is 25.7 Å². The lowest BCUT2D eigenvalue weighted by Gasteiger charge is -2.19. The average molecular weight is 381 g/mol. The van der Waals surface area contributed by atoms with E-state index in [1.165, 1.54) is 22.5 Å². The Balaban J connectivity index is 2.33. The summed E-state index contributed by atoms with van der Waals surface area (Å²) in [5, 5.41) is 2.96. The number of hydrogen-bond acceptors (Lipinski definition) is 3. The number of anilines is 1. The highest BCUT2D eigenvalue weighted by Crippen LogP contribution is 2.27. The third kappa shape index (κ3) is 4.39. The summed E-state index contributed by atoms with van der Waals surface area (Å²) in [5.41, 5.74) is 1.78. The molecule has 0 atom stereocenters. The molecule has 2 rings (SSSR count). The number of nitrogens with zero attached hydrogens (tertiary/aromatic N) is 1. The minimum absolute atomic E-state index is 0.0970. The maximum atomic E-state index is 12.6. The van der Waals surface area contributed by atoms with E-state index in [9.17, 15) is 13.2 Å². The number of carbonyl (C=O) groups is 1. The van der Waals surface area contributed by atoms with Crippen LogP contribution in [-0.2, 0) is 10.0 Å². The van der Waals surface area contributed by atoms with Crippen LogP contribution in [0.4, 0.5) is 5.69 Å². The van der Waals surface area contributed by atoms with Gasteiger partial charge in [0.25, 0.3) is 5.91 Å². The topological polar surface area (TPSA) is 66.5 Å². The third-order valence-electron chi connectivity index (χ3n) is 3.84. The van der Waals surface area contributed by atoms with Gasteiger partial charge < -0.3 is 5.32 Å². The van der Waals surface area contributed by atoms with Crippen molar-refractivity contribution in [2.24, 2.45) is 0 Å². The van der Waals surface area contributed by atoms with Crippen LogP contribution in [0.5, 0.6) is 0 Å². The summed E-state index contributed by atoms with van der Waals surface area (Å²) < 4.78 is 26.6. The molecule has 0 radical (unpaired) electrons. The van der Waals surface area contributed by atoms with Crippen molar-refractivity contribution < 1.29 is 13.2 Å². The van der Waals surface area contributed by atoms with E-state index >= 15 is 0 Å². The van der Waals surface area contributed by atoms with E-state index in [2.05, 4.69) is 5.32 Å². The number of amides is 1. The van der Waals surface area contributed by atoms with E-state index in [1.807, 2.05) is 19.1 Å². The monoisotopic (exact) mass is 380 g/mol. The predicted octanol–water partition coefficient (Wildman–Crippen LogP) is 3.93. The molecule has 0 saturated heterocycles. The zero-order valence-electron chi connectivity index (χ0n) is 14.4. The van der Waals surface area contributed by atoms with Gasteiger partial charge in [0, 0.05) is 18.7 Å². The van der Waals surface area contributed by atoms with Crippen molar-refractivity contribution in [2.75, 3.05) is 18.4 Å². The largest absolute Gasteiger partial charge is 0.321 e. The van der Waals surface area contributed by atoms with Gasteiger partial charge in [-0.2, -0.15) is 4.31 Å². The van der Waals surface area contributed by atoms with Crippen LogP contribution in [-0.4, -0.2) is 31.7 Å². The first kappa shape index (κ1) is 19.4. The SMILES string of the molecule is CCN(CC)S(=O)(=O)c1ccc(Cl)c(NC(=O)c2ccc(C)cc2)c1. The Morgan fingerprint density at radius 3 is 2.24 bits per heavy atom. The first-order valence-electron chi connectivity index (χ1n) is 7.97. The Morgan fingerprint density at radius 2 is 1.68 bits per heavy atom. The van der Waals surface area contributed by atoms with Crippen molar-refractivity contribution in [3.05, 3.63) is 58.6 Å². The second kappa shape index (κ2) is 7.99. The molecule has 1 amide bonds. The second-order valence-electron chi connectivity index (χ2n) is 5.55. The maximum Gasteiger partial charge on any atom is 0.255 e. The van der Waals surface area contributed by atoms with Gasteiger partial charge in [-0.15, -0.1) is 0 Å². The summed E-state index contributed by atoms with van der Waals surface area (Å²) in [5.74, 6) is -0.348. The number of rotatable bonds is 6. The van der Waals surface area contributed by atoms with Gasteiger partial charge >= 0.3 is 0 Å². The van der Waals surface area contributed by atoms with Gasteiger partial charge in [-0.05, 0) is 37.3 Å². The number of halogens is 1. The van der Waals surface area contributed by atoms with Gasteiger partial charge in [0.2, 0.25) is 10.0 Å². The van der Waals surface area contributed by atoms with Crippen LogP contribution in [0, 0.1) is 6.92 Å². The van der Waals surface area contributed by atoms with E-state index in [0.29, 0.717) is 18.7 Å². The van der Waals surface area contributed by atoms with Crippen LogP contribution in [0.2, 0.25) is 5.02 Å². The number of carbonyl (C=O) groups excluding carboxylic acids is 1. The van der Waals surface area contributed by atoms with Crippen molar-refractivity contribution in [3.63, 3.8) is 0 Å². The summed E-state index contributed by atoms with van der Waals surface area (Å²) in [6.45, 7) is 6.22. The molecule has 0 aromatic heterocycles. The second-order valence-corrected chi connectivity index (χ2v) is 7.90. The number of nitrogens with one attached hydrogen (secondary N) is 1. The standard InChI is InChI=1S/C18H21ClN2O3S/c1-4-21(5-2)25(23,24)15-10-11-16(19)17(12-15)20-18(22)14-8-6-13(3)7-9-14/h6-12H,4-5H2,1-3H3,(H,20,22). The predicted molar refractivity (Wildman–Crippen MR) is 101 cm³/mol. The number of sulfonamides is 1. The molecule has 0 saturated carbocycles. The fourth-order valence-corrected chi connectivity index (χ4v) is 4.02. The molecule has 1 N–H and O–H groups in total. The first-order chi connectivity index (χ1) is 11.8. The summed E-state index contributed by atoms with van der Waals surface area (Å²) >= 11 is 6.13. The van der Waals surface area contributed by atoms with E-state index in [1.54, 1.807) is 26.0 Å². The van der Waals surface area contributed by atoms with Gasteiger partial charge in [0.05, 0.1) is 15.6 Å². The van der Waals surface area contributed by atoms with Gasteiger partial charge in [0.1, 0.15) is 0 Å². The molecular formula is C18H21ClN2O3S. The molecule has 0 unspecified atom stereocenters. The summed E-state index contributed by atoms with van der Waals surface area (Å²) in [6, 6.07) is 11.4. The summed E-state index contributed by atoms with van der Waals surface area (Å²) in [7, 11) is -3.62. The molecule has 0 aliphatic carbocycles. The van der Waals surface area contributed by atoms with Crippen LogP contribution < -0.4 is 5.32 Å². The molecule has 134 valence electrons. The Hall–Kier alpha value is -1.89. The van der Waals surface area contributed by atoms with Gasteiger partial charge in [-0.25, -0.2) is 8.42 Å². The minimum atomic E-state index is -3.62. The Labute approximate surface area is 153 Å². The van der Waals surface area contributed by atoms with Crippen molar-refractivity contribution >= 4 is 33.2 Å². The molecule has 5 nitrogen and oxygen atoms in total. The molecule has 0 aliphatic rings. The first-order valence-corrected chi connectivity index (χ1v) is 9.79. The fraction of sp³-hybridized carbons (Fsp3) is 0.278. The minimum Gasteiger partial charge on any atom is -0.321 e. The smallest absolute Gasteiger partial charge is 0.255 e. The molecule has 0 heterocycles. The van der Waals surface area contributed by atoms with Crippen LogP contribution in [0.3, 0.4) is 0 Å². The molecule has 2 aromatic carbocycles. The number of benzene rings is 2. The quantitative estimate of drug-likeness (QED) is 0.825. The molecule has 2 aromatic rings. The zero-order chi connectivity index (χ0) is 18.6. The van der Waals surface area contributed by atoms with Crippen molar-refractivity contribution in [1.29, 1.82) is 0 Å². The molecule has 0 spiro atoms. The highest BCUT2D eigenvalue weighted by molar-refractivity contribution is 7.89. The van der Waals surface area contributed by atoms with Crippen molar-refractivity contribution in [1.82, 2.24) is 4.31 Å². The lowest BCUT2D eigenvalue weighted by molar-refractivity contribution is 0.102. The maximum absolute atomic E-state index is 12.6. The van der Waals surface area contributed by atoms with Crippen LogP contribution in [0.25, 0.3) is 0 Å². The van der Waals surface area contributed by atoms with E-state index in [4.69, 9.17) is 11.6 Å². The highest BCUT2D eigenvalue weighted by Gasteiger charge is 2.22. The fourth-order valence-electron chi connectivity index (χ4n) is 2.37. The molecule has 7 heteroatoms. The van der Waals surface area contributed by atoms with E-state index in [-0.39, 0.29) is 21.5 Å². The number of hydrogen-bond donors (Lipinski definition) is 1. The van der Waals surface area contributed by atoms with E-state index < -0.39 is 10.0 Å². The molecular weight excluding hydrogens is 360 g/mol. The molecule has 25 heavy (non-hydrogen) atoms. The molecule has 0 aliphatic heterocycles. The summed E-state index contributed by atoms with van der Waals surface area (Å²) in [6.07, 6.45) is 0. The Bertz CT molecular complexity index is 860. The van der Waals surface area contributed by atoms with E-state index in [0.717, 1.165) is 5.56 Å². The Morgan fingerprint density at radius 1 is 1.08 bits per heavy atom. The highest BCUT2D eigenvalue weighted by atomic mass is 35.5. The molecule has 0 bridgehead atoms. The third-order valence-corrected chi connectivity index (χ3v) is 6.22. The van der Waals surface area contributed by atoms with Crippen LogP contribution >= 0.6 is 11.6 Å². The van der Waals surface area contributed by atoms with Gasteiger partial charge in [0.15, 0.2) is 0 Å².